The van der Waals surface area contributed by atoms with Crippen molar-refractivity contribution >= 4 is 23.7 Å². The summed E-state index contributed by atoms with van der Waals surface area (Å²) < 4.78 is 5.08. The Kier molecular flexibility index (Phi) is 4.34. The first kappa shape index (κ1) is 13.6. The molecule has 2 N–H and O–H groups in total. The fourth-order valence-corrected chi connectivity index (χ4v) is 1.64. The Bertz CT molecular complexity index is 609. The van der Waals surface area contributed by atoms with Gasteiger partial charge < -0.3 is 15.4 Å². The van der Waals surface area contributed by atoms with Gasteiger partial charge in [-0.25, -0.2) is 4.79 Å². The van der Waals surface area contributed by atoms with E-state index >= 15 is 0 Å². The van der Waals surface area contributed by atoms with Crippen molar-refractivity contribution < 1.29 is 14.3 Å². The molecule has 0 unspecified atom stereocenters. The minimum atomic E-state index is -0.364. The normalized spacial score (nSPS) is 9.65. The molecule has 0 atom stereocenters. The minimum absolute atomic E-state index is 0.364. The molecule has 0 aliphatic carbocycles. The van der Waals surface area contributed by atoms with E-state index in [4.69, 9.17) is 4.74 Å². The zero-order valence-electron chi connectivity index (χ0n) is 10.9. The molecule has 5 nitrogen and oxygen atoms in total. The highest BCUT2D eigenvalue weighted by Crippen LogP contribution is 2.17. The summed E-state index contributed by atoms with van der Waals surface area (Å²) in [6, 6.07) is 13.3. The Labute approximate surface area is 116 Å². The Morgan fingerprint density at radius 3 is 2.40 bits per heavy atom. The van der Waals surface area contributed by atoms with Crippen LogP contribution in [0, 0.1) is 0 Å². The third-order valence-corrected chi connectivity index (χ3v) is 2.63. The van der Waals surface area contributed by atoms with Gasteiger partial charge in [-0.3, -0.25) is 4.79 Å². The van der Waals surface area contributed by atoms with Gasteiger partial charge in [0.1, 0.15) is 12.0 Å². The zero-order valence-corrected chi connectivity index (χ0v) is 10.9. The van der Waals surface area contributed by atoms with Gasteiger partial charge >= 0.3 is 6.03 Å². The molecule has 0 aliphatic rings. The Hall–Kier alpha value is -2.82. The maximum Gasteiger partial charge on any atom is 0.323 e. The first-order valence-electron chi connectivity index (χ1n) is 5.98. The third-order valence-electron chi connectivity index (χ3n) is 2.63. The van der Waals surface area contributed by atoms with Gasteiger partial charge in [0.15, 0.2) is 0 Å². The zero-order chi connectivity index (χ0) is 14.4. The topological polar surface area (TPSA) is 67.4 Å². The predicted octanol–water partition coefficient (Wildman–Crippen LogP) is 3.15. The minimum Gasteiger partial charge on any atom is -0.497 e. The van der Waals surface area contributed by atoms with Crippen LogP contribution in [-0.2, 0) is 0 Å². The molecule has 0 saturated heterocycles. The van der Waals surface area contributed by atoms with Crippen LogP contribution in [0.5, 0.6) is 5.75 Å². The van der Waals surface area contributed by atoms with Crippen molar-refractivity contribution in [1.82, 2.24) is 0 Å². The van der Waals surface area contributed by atoms with Gasteiger partial charge in [-0.05, 0) is 36.4 Å². The van der Waals surface area contributed by atoms with Crippen LogP contribution in [-0.4, -0.2) is 19.4 Å². The average molecular weight is 270 g/mol. The van der Waals surface area contributed by atoms with Crippen molar-refractivity contribution in [3.63, 3.8) is 0 Å². The van der Waals surface area contributed by atoms with Gasteiger partial charge in [-0.2, -0.15) is 0 Å². The number of benzene rings is 2. The summed E-state index contributed by atoms with van der Waals surface area (Å²) >= 11 is 0. The van der Waals surface area contributed by atoms with E-state index < -0.39 is 0 Å². The second-order valence-electron chi connectivity index (χ2n) is 4.05. The number of carbonyl (C=O) groups excluding carboxylic acids is 2. The standard InChI is InChI=1S/C15H14N2O3/c1-20-14-4-2-3-13(9-14)17-15(19)16-12-7-5-11(10-18)6-8-12/h2-10H,1H3,(H2,16,17,19). The SMILES string of the molecule is COc1cccc(NC(=O)Nc2ccc(C=O)cc2)c1. The van der Waals surface area contributed by atoms with Gasteiger partial charge in [0.2, 0.25) is 0 Å². The molecule has 20 heavy (non-hydrogen) atoms. The lowest BCUT2D eigenvalue weighted by molar-refractivity contribution is 0.112. The monoisotopic (exact) mass is 270 g/mol. The molecule has 0 aromatic heterocycles. The summed E-state index contributed by atoms with van der Waals surface area (Å²) in [5.74, 6) is 0.665. The largest absolute Gasteiger partial charge is 0.497 e. The van der Waals surface area contributed by atoms with Crippen LogP contribution in [0.2, 0.25) is 0 Å². The molecule has 0 fully saturated rings. The number of ether oxygens (including phenoxy) is 1. The maximum atomic E-state index is 11.8. The molecule has 2 aromatic rings. The molecule has 102 valence electrons. The van der Waals surface area contributed by atoms with E-state index in [1.54, 1.807) is 55.6 Å². The van der Waals surface area contributed by atoms with Gasteiger partial charge in [0.25, 0.3) is 0 Å². The number of aldehydes is 1. The van der Waals surface area contributed by atoms with Crippen molar-refractivity contribution in [3.8, 4) is 5.75 Å². The van der Waals surface area contributed by atoms with E-state index in [9.17, 15) is 9.59 Å². The molecule has 0 radical (unpaired) electrons. The number of nitrogens with one attached hydrogen (secondary N) is 2. The Balaban J connectivity index is 1.98. The molecule has 0 aliphatic heterocycles. The molecule has 2 rings (SSSR count). The Morgan fingerprint density at radius 2 is 1.75 bits per heavy atom. The Morgan fingerprint density at radius 1 is 1.05 bits per heavy atom. The molecule has 0 spiro atoms. The summed E-state index contributed by atoms with van der Waals surface area (Å²) in [5, 5.41) is 5.37. The number of amides is 2. The predicted molar refractivity (Wildman–Crippen MR) is 77.5 cm³/mol. The summed E-state index contributed by atoms with van der Waals surface area (Å²) in [7, 11) is 1.56. The number of carbonyl (C=O) groups is 2. The van der Waals surface area contributed by atoms with Crippen LogP contribution in [0.15, 0.2) is 48.5 Å². The second kappa shape index (κ2) is 6.38. The highest BCUT2D eigenvalue weighted by molar-refractivity contribution is 6.00. The lowest BCUT2D eigenvalue weighted by Gasteiger charge is -2.08. The van der Waals surface area contributed by atoms with Gasteiger partial charge in [0.05, 0.1) is 7.11 Å². The summed E-state index contributed by atoms with van der Waals surface area (Å²) in [6.45, 7) is 0. The third kappa shape index (κ3) is 3.58. The van der Waals surface area contributed by atoms with Crippen LogP contribution in [0.25, 0.3) is 0 Å². The fourth-order valence-electron chi connectivity index (χ4n) is 1.64. The van der Waals surface area contributed by atoms with Crippen LogP contribution < -0.4 is 15.4 Å². The lowest BCUT2D eigenvalue weighted by atomic mass is 10.2. The highest BCUT2D eigenvalue weighted by atomic mass is 16.5. The molecular formula is C15H14N2O3. The lowest BCUT2D eigenvalue weighted by Crippen LogP contribution is -2.19. The molecule has 5 heteroatoms. The first-order valence-corrected chi connectivity index (χ1v) is 5.98. The van der Waals surface area contributed by atoms with E-state index in [0.717, 1.165) is 6.29 Å². The smallest absolute Gasteiger partial charge is 0.323 e. The number of hydrogen-bond donors (Lipinski definition) is 2. The van der Waals surface area contributed by atoms with Crippen molar-refractivity contribution in [2.24, 2.45) is 0 Å². The van der Waals surface area contributed by atoms with Gasteiger partial charge in [-0.1, -0.05) is 6.07 Å². The van der Waals surface area contributed by atoms with Crippen LogP contribution in [0.3, 0.4) is 0 Å². The van der Waals surface area contributed by atoms with Crippen LogP contribution in [0.1, 0.15) is 10.4 Å². The quantitative estimate of drug-likeness (QED) is 0.838. The summed E-state index contributed by atoms with van der Waals surface area (Å²) in [5.41, 5.74) is 1.80. The molecule has 2 aromatic carbocycles. The van der Waals surface area contributed by atoms with Crippen molar-refractivity contribution in [3.05, 3.63) is 54.1 Å². The van der Waals surface area contributed by atoms with Crippen LogP contribution >= 0.6 is 0 Å². The maximum absolute atomic E-state index is 11.8. The van der Waals surface area contributed by atoms with E-state index in [1.165, 1.54) is 0 Å². The number of rotatable bonds is 4. The fraction of sp³-hybridized carbons (Fsp3) is 0.0667. The van der Waals surface area contributed by atoms with E-state index in [1.807, 2.05) is 0 Å². The molecule has 2 amide bonds. The van der Waals surface area contributed by atoms with E-state index in [0.29, 0.717) is 22.7 Å². The molecule has 0 saturated carbocycles. The van der Waals surface area contributed by atoms with E-state index in [2.05, 4.69) is 10.6 Å². The number of anilines is 2. The molecule has 0 bridgehead atoms. The van der Waals surface area contributed by atoms with Crippen LogP contribution in [0.4, 0.5) is 16.2 Å². The average Bonchev–Trinajstić information content (AvgIpc) is 2.48. The molecular weight excluding hydrogens is 256 g/mol. The summed E-state index contributed by atoms with van der Waals surface area (Å²) in [6.07, 6.45) is 0.750. The number of urea groups is 1. The highest BCUT2D eigenvalue weighted by Gasteiger charge is 2.03. The van der Waals surface area contributed by atoms with Crippen molar-refractivity contribution in [1.29, 1.82) is 0 Å². The number of methoxy groups -OCH3 is 1. The summed E-state index contributed by atoms with van der Waals surface area (Å²) in [4.78, 5) is 22.3. The van der Waals surface area contributed by atoms with E-state index in [-0.39, 0.29) is 6.03 Å². The van der Waals surface area contributed by atoms with Crippen molar-refractivity contribution in [2.45, 2.75) is 0 Å². The first-order chi connectivity index (χ1) is 9.71. The second-order valence-corrected chi connectivity index (χ2v) is 4.05. The van der Waals surface area contributed by atoms with Gasteiger partial charge in [-0.15, -0.1) is 0 Å². The number of hydrogen-bond acceptors (Lipinski definition) is 3. The van der Waals surface area contributed by atoms with Gasteiger partial charge in [0, 0.05) is 23.0 Å². The van der Waals surface area contributed by atoms with Crippen molar-refractivity contribution in [2.75, 3.05) is 17.7 Å². The molecule has 0 heterocycles.